The van der Waals surface area contributed by atoms with Gasteiger partial charge >= 0.3 is 0 Å². The first-order valence-electron chi connectivity index (χ1n) is 8.27. The lowest BCUT2D eigenvalue weighted by atomic mass is 9.81. The van der Waals surface area contributed by atoms with Crippen LogP contribution < -0.4 is 0 Å². The van der Waals surface area contributed by atoms with Crippen LogP contribution in [0, 0.1) is 11.3 Å². The number of carbonyl (C=O) groups excluding carboxylic acids is 1. The smallest absolute Gasteiger partial charge is 0.234 e. The van der Waals surface area contributed by atoms with Gasteiger partial charge in [0, 0.05) is 20.0 Å². The third kappa shape index (κ3) is 3.23. The molecule has 2 aliphatic carbocycles. The fraction of sp³-hybridized carbons (Fsp3) is 0.750. The Balaban J connectivity index is 1.61. The average Bonchev–Trinajstić information content (AvgIpc) is 3.36. The molecule has 2 aliphatic rings. The Morgan fingerprint density at radius 2 is 2.09 bits per heavy atom. The number of thioether (sulfide) groups is 1. The first-order valence-corrected chi connectivity index (χ1v) is 9.26. The van der Waals surface area contributed by atoms with Crippen LogP contribution in [0.1, 0.15) is 56.7 Å². The molecule has 23 heavy (non-hydrogen) atoms. The van der Waals surface area contributed by atoms with Crippen molar-refractivity contribution in [2.45, 2.75) is 61.6 Å². The summed E-state index contributed by atoms with van der Waals surface area (Å²) in [4.78, 5) is 14.2. The number of aromatic nitrogens is 3. The highest BCUT2D eigenvalue weighted by molar-refractivity contribution is 7.99. The van der Waals surface area contributed by atoms with Gasteiger partial charge in [-0.2, -0.15) is 5.26 Å². The number of rotatable bonds is 5. The molecule has 0 aliphatic heterocycles. The summed E-state index contributed by atoms with van der Waals surface area (Å²) in [6, 6.07) is 2.40. The maximum Gasteiger partial charge on any atom is 0.234 e. The Morgan fingerprint density at radius 1 is 1.39 bits per heavy atom. The minimum atomic E-state index is -0.616. The normalized spacial score (nSPS) is 20.0. The molecule has 0 bridgehead atoms. The zero-order valence-electron chi connectivity index (χ0n) is 13.8. The highest BCUT2D eigenvalue weighted by atomic mass is 32.2. The molecule has 0 aromatic carbocycles. The number of amides is 1. The van der Waals surface area contributed by atoms with Gasteiger partial charge in [0.2, 0.25) is 5.91 Å². The van der Waals surface area contributed by atoms with E-state index in [0.29, 0.717) is 11.7 Å². The zero-order valence-corrected chi connectivity index (χ0v) is 14.6. The minimum absolute atomic E-state index is 0.00516. The number of carbonyl (C=O) groups is 1. The quantitative estimate of drug-likeness (QED) is 0.774. The largest absolute Gasteiger partial charge is 0.326 e. The molecular formula is C16H23N5OS. The van der Waals surface area contributed by atoms with Crippen molar-refractivity contribution in [3.63, 3.8) is 0 Å². The second-order valence-electron chi connectivity index (χ2n) is 6.62. The van der Waals surface area contributed by atoms with E-state index in [-0.39, 0.29) is 5.91 Å². The molecule has 0 unspecified atom stereocenters. The lowest BCUT2D eigenvalue weighted by Gasteiger charge is -2.39. The molecule has 7 heteroatoms. The molecule has 1 aromatic heterocycles. The zero-order chi connectivity index (χ0) is 16.4. The second kappa shape index (κ2) is 6.52. The molecule has 124 valence electrons. The van der Waals surface area contributed by atoms with Gasteiger partial charge < -0.3 is 9.47 Å². The van der Waals surface area contributed by atoms with Gasteiger partial charge in [-0.1, -0.05) is 31.0 Å². The van der Waals surface area contributed by atoms with Crippen molar-refractivity contribution in [1.82, 2.24) is 19.7 Å². The summed E-state index contributed by atoms with van der Waals surface area (Å²) in [5.74, 6) is 1.86. The Hall–Kier alpha value is -1.55. The Kier molecular flexibility index (Phi) is 4.62. The third-order valence-corrected chi connectivity index (χ3v) is 6.05. The van der Waals surface area contributed by atoms with Crippen molar-refractivity contribution in [1.29, 1.82) is 5.26 Å². The summed E-state index contributed by atoms with van der Waals surface area (Å²) in [7, 11) is 3.73. The van der Waals surface area contributed by atoms with Crippen molar-refractivity contribution in [3.05, 3.63) is 5.82 Å². The van der Waals surface area contributed by atoms with Crippen molar-refractivity contribution >= 4 is 17.7 Å². The van der Waals surface area contributed by atoms with Crippen LogP contribution in [0.3, 0.4) is 0 Å². The lowest BCUT2D eigenvalue weighted by molar-refractivity contribution is -0.131. The molecular weight excluding hydrogens is 310 g/mol. The van der Waals surface area contributed by atoms with E-state index in [1.807, 2.05) is 11.6 Å². The van der Waals surface area contributed by atoms with Crippen LogP contribution in [0.15, 0.2) is 5.16 Å². The topological polar surface area (TPSA) is 74.8 Å². The molecule has 6 nitrogen and oxygen atoms in total. The van der Waals surface area contributed by atoms with Crippen LogP contribution in [-0.2, 0) is 11.8 Å². The summed E-state index contributed by atoms with van der Waals surface area (Å²) in [5.41, 5.74) is -0.616. The lowest BCUT2D eigenvalue weighted by Crippen LogP contribution is -2.50. The minimum Gasteiger partial charge on any atom is -0.326 e. The summed E-state index contributed by atoms with van der Waals surface area (Å²) >= 11 is 1.41. The molecule has 1 heterocycles. The van der Waals surface area contributed by atoms with Crippen LogP contribution >= 0.6 is 11.8 Å². The van der Waals surface area contributed by atoms with E-state index in [2.05, 4.69) is 16.3 Å². The molecule has 0 radical (unpaired) electrons. The fourth-order valence-electron chi connectivity index (χ4n) is 3.27. The van der Waals surface area contributed by atoms with E-state index in [1.54, 1.807) is 11.9 Å². The summed E-state index contributed by atoms with van der Waals surface area (Å²) in [5, 5.41) is 18.8. The van der Waals surface area contributed by atoms with Gasteiger partial charge in [0.1, 0.15) is 11.4 Å². The predicted molar refractivity (Wildman–Crippen MR) is 87.9 cm³/mol. The Labute approximate surface area is 141 Å². The number of nitrogens with zero attached hydrogens (tertiary/aromatic N) is 5. The number of hydrogen-bond donors (Lipinski definition) is 0. The van der Waals surface area contributed by atoms with E-state index < -0.39 is 5.54 Å². The van der Waals surface area contributed by atoms with E-state index in [9.17, 15) is 10.1 Å². The van der Waals surface area contributed by atoms with Gasteiger partial charge in [-0.3, -0.25) is 4.79 Å². The van der Waals surface area contributed by atoms with E-state index in [0.717, 1.165) is 43.1 Å². The third-order valence-electron chi connectivity index (χ3n) is 5.04. The summed E-state index contributed by atoms with van der Waals surface area (Å²) < 4.78 is 2.00. The highest BCUT2D eigenvalue weighted by Gasteiger charge is 2.38. The molecule has 2 saturated carbocycles. The monoisotopic (exact) mass is 333 g/mol. The summed E-state index contributed by atoms with van der Waals surface area (Å²) in [6.45, 7) is 0. The fourth-order valence-corrected chi connectivity index (χ4v) is 4.10. The van der Waals surface area contributed by atoms with E-state index in [1.165, 1.54) is 24.6 Å². The molecule has 0 saturated heterocycles. The van der Waals surface area contributed by atoms with Gasteiger partial charge in [-0.15, -0.1) is 10.2 Å². The molecule has 0 N–H and O–H groups in total. The highest BCUT2D eigenvalue weighted by Crippen LogP contribution is 2.39. The number of nitriles is 1. The van der Waals surface area contributed by atoms with Crippen LogP contribution in [-0.4, -0.2) is 43.9 Å². The average molecular weight is 333 g/mol. The Morgan fingerprint density at radius 3 is 2.70 bits per heavy atom. The first-order chi connectivity index (χ1) is 11.1. The first kappa shape index (κ1) is 16.3. The molecule has 1 amide bonds. The van der Waals surface area contributed by atoms with Crippen molar-refractivity contribution in [2.24, 2.45) is 7.05 Å². The van der Waals surface area contributed by atoms with Gasteiger partial charge in [0.05, 0.1) is 11.8 Å². The maximum atomic E-state index is 12.5. The van der Waals surface area contributed by atoms with Crippen molar-refractivity contribution in [2.75, 3.05) is 12.8 Å². The van der Waals surface area contributed by atoms with Crippen molar-refractivity contribution < 1.29 is 4.79 Å². The molecule has 2 fully saturated rings. The van der Waals surface area contributed by atoms with E-state index >= 15 is 0 Å². The second-order valence-corrected chi connectivity index (χ2v) is 7.56. The predicted octanol–water partition coefficient (Wildman–Crippen LogP) is 2.47. The van der Waals surface area contributed by atoms with Crippen LogP contribution in [0.25, 0.3) is 0 Å². The van der Waals surface area contributed by atoms with Gasteiger partial charge in [-0.25, -0.2) is 0 Å². The Bertz CT molecular complexity index is 625. The van der Waals surface area contributed by atoms with Crippen LogP contribution in [0.5, 0.6) is 0 Å². The maximum absolute atomic E-state index is 12.5. The molecule has 3 rings (SSSR count). The SMILES string of the molecule is CN(C(=O)CSc1nnc(C2CC2)n1C)C1(C#N)CCCCC1. The van der Waals surface area contributed by atoms with Gasteiger partial charge in [0.25, 0.3) is 0 Å². The molecule has 0 atom stereocenters. The van der Waals surface area contributed by atoms with Crippen LogP contribution in [0.4, 0.5) is 0 Å². The van der Waals surface area contributed by atoms with Gasteiger partial charge in [-0.05, 0) is 25.7 Å². The summed E-state index contributed by atoms with van der Waals surface area (Å²) in [6.07, 6.45) is 7.13. The number of hydrogen-bond acceptors (Lipinski definition) is 5. The van der Waals surface area contributed by atoms with E-state index in [4.69, 9.17) is 0 Å². The standard InChI is InChI=1S/C16H23N5OS/c1-20-14(12-6-7-12)18-19-15(20)23-10-13(22)21(2)16(11-17)8-4-3-5-9-16/h12H,3-10H2,1-2H3. The van der Waals surface area contributed by atoms with Crippen molar-refractivity contribution in [3.8, 4) is 6.07 Å². The molecule has 0 spiro atoms. The molecule has 1 aromatic rings. The van der Waals surface area contributed by atoms with Crippen LogP contribution in [0.2, 0.25) is 0 Å². The van der Waals surface area contributed by atoms with Gasteiger partial charge in [0.15, 0.2) is 5.16 Å².